The highest BCUT2D eigenvalue weighted by molar-refractivity contribution is 5.33. The Morgan fingerprint density at radius 2 is 2.22 bits per heavy atom. The molecule has 0 amide bonds. The monoisotopic (exact) mass is 244 g/mol. The number of hydrogen-bond donors (Lipinski definition) is 1. The predicted molar refractivity (Wildman–Crippen MR) is 64.5 cm³/mol. The molecule has 2 N–H and O–H groups in total. The summed E-state index contributed by atoms with van der Waals surface area (Å²) in [6.07, 6.45) is 3.82. The van der Waals surface area contributed by atoms with Crippen molar-refractivity contribution >= 4 is 5.69 Å². The minimum absolute atomic E-state index is 0.0829. The predicted octanol–water partition coefficient (Wildman–Crippen LogP) is -0.0160. The zero-order valence-corrected chi connectivity index (χ0v) is 9.65. The number of nitrogens with zero attached hydrogens (tertiary/aromatic N) is 5. The van der Waals surface area contributed by atoms with Gasteiger partial charge in [0.2, 0.25) is 0 Å². The Hall–Kier alpha value is -2.62. The van der Waals surface area contributed by atoms with Crippen molar-refractivity contribution in [1.29, 1.82) is 5.26 Å². The molecule has 2 aromatic heterocycles. The van der Waals surface area contributed by atoms with E-state index in [1.807, 2.05) is 6.07 Å². The van der Waals surface area contributed by atoms with Crippen molar-refractivity contribution in [2.45, 2.75) is 19.5 Å². The Balaban J connectivity index is 1.94. The van der Waals surface area contributed by atoms with Crippen LogP contribution >= 0.6 is 0 Å². The largest absolute Gasteiger partial charge is 0.398 e. The van der Waals surface area contributed by atoms with Gasteiger partial charge in [-0.25, -0.2) is 4.98 Å². The van der Waals surface area contributed by atoms with Gasteiger partial charge in [-0.15, -0.1) is 5.10 Å². The lowest BCUT2D eigenvalue weighted by Gasteiger charge is -2.05. The van der Waals surface area contributed by atoms with E-state index < -0.39 is 0 Å². The number of aryl methyl sites for hydroxylation is 2. The molecule has 18 heavy (non-hydrogen) atoms. The lowest BCUT2D eigenvalue weighted by atomic mass is 10.3. The second-order valence-electron chi connectivity index (χ2n) is 3.79. The van der Waals surface area contributed by atoms with Crippen LogP contribution in [0.5, 0.6) is 0 Å². The molecule has 0 fully saturated rings. The number of hydrogen-bond acceptors (Lipinski definition) is 5. The average molecular weight is 244 g/mol. The van der Waals surface area contributed by atoms with E-state index >= 15 is 0 Å². The molecule has 7 nitrogen and oxygen atoms in total. The molecule has 0 saturated heterocycles. The summed E-state index contributed by atoms with van der Waals surface area (Å²) in [7, 11) is 0. The minimum atomic E-state index is -0.0829. The van der Waals surface area contributed by atoms with Gasteiger partial charge in [0.15, 0.2) is 0 Å². The topological polar surface area (TPSA) is 103 Å². The summed E-state index contributed by atoms with van der Waals surface area (Å²) in [4.78, 5) is 15.3. The molecule has 7 heteroatoms. The van der Waals surface area contributed by atoms with Gasteiger partial charge < -0.3 is 10.3 Å². The van der Waals surface area contributed by atoms with Crippen molar-refractivity contribution in [2.75, 3.05) is 5.73 Å². The summed E-state index contributed by atoms with van der Waals surface area (Å²) >= 11 is 0. The Morgan fingerprint density at radius 1 is 1.39 bits per heavy atom. The maximum atomic E-state index is 11.5. The van der Waals surface area contributed by atoms with Crippen molar-refractivity contribution in [2.24, 2.45) is 0 Å². The number of anilines is 1. The summed E-state index contributed by atoms with van der Waals surface area (Å²) in [6.45, 7) is 1.14. The molecule has 0 spiro atoms. The van der Waals surface area contributed by atoms with Crippen molar-refractivity contribution in [3.05, 3.63) is 40.8 Å². The summed E-state index contributed by atoms with van der Waals surface area (Å²) in [6, 6.07) is 4.88. The fraction of sp³-hybridized carbons (Fsp3) is 0.273. The third-order valence-corrected chi connectivity index (χ3v) is 2.43. The quantitative estimate of drug-likeness (QED) is 0.814. The van der Waals surface area contributed by atoms with Crippen LogP contribution in [0, 0.1) is 11.3 Å². The van der Waals surface area contributed by atoms with Crippen LogP contribution in [0.2, 0.25) is 0 Å². The fourth-order valence-electron chi connectivity index (χ4n) is 1.58. The van der Waals surface area contributed by atoms with Crippen LogP contribution in [0.4, 0.5) is 5.69 Å². The van der Waals surface area contributed by atoms with Crippen LogP contribution in [-0.4, -0.2) is 19.3 Å². The highest BCUT2D eigenvalue weighted by Gasteiger charge is 2.00. The summed E-state index contributed by atoms with van der Waals surface area (Å²) in [5.41, 5.74) is 6.08. The average Bonchev–Trinajstić information content (AvgIpc) is 2.81. The summed E-state index contributed by atoms with van der Waals surface area (Å²) < 4.78 is 3.13. The highest BCUT2D eigenvalue weighted by Crippen LogP contribution is 1.98. The van der Waals surface area contributed by atoms with E-state index in [0.717, 1.165) is 0 Å². The Kier molecular flexibility index (Phi) is 3.38. The van der Waals surface area contributed by atoms with Crippen LogP contribution in [0.3, 0.4) is 0 Å². The van der Waals surface area contributed by atoms with E-state index in [9.17, 15) is 4.79 Å². The maximum absolute atomic E-state index is 11.5. The second kappa shape index (κ2) is 5.14. The van der Waals surface area contributed by atoms with Crippen LogP contribution in [0.25, 0.3) is 0 Å². The molecule has 0 atom stereocenters. The lowest BCUT2D eigenvalue weighted by molar-refractivity contribution is 0.518. The molecule has 2 rings (SSSR count). The molecule has 0 radical (unpaired) electrons. The SMILES string of the molecule is N#Cc1ncn(CCCn2cc(N)ccc2=O)n1. The van der Waals surface area contributed by atoms with Gasteiger partial charge in [-0.3, -0.25) is 9.48 Å². The van der Waals surface area contributed by atoms with Crippen molar-refractivity contribution in [3.8, 4) is 6.07 Å². The molecular formula is C11H12N6O. The molecule has 0 unspecified atom stereocenters. The number of nitrogen functional groups attached to an aromatic ring is 1. The van der Waals surface area contributed by atoms with E-state index in [1.54, 1.807) is 21.5 Å². The summed E-state index contributed by atoms with van der Waals surface area (Å²) in [5, 5.41) is 12.5. The zero-order chi connectivity index (χ0) is 13.0. The Bertz CT molecular complexity index is 635. The second-order valence-corrected chi connectivity index (χ2v) is 3.79. The fourth-order valence-corrected chi connectivity index (χ4v) is 1.58. The first-order valence-corrected chi connectivity index (χ1v) is 5.44. The number of aromatic nitrogens is 4. The zero-order valence-electron chi connectivity index (χ0n) is 9.65. The van der Waals surface area contributed by atoms with Gasteiger partial charge in [-0.2, -0.15) is 5.26 Å². The lowest BCUT2D eigenvalue weighted by Crippen LogP contribution is -2.19. The van der Waals surface area contributed by atoms with E-state index in [2.05, 4.69) is 10.1 Å². The van der Waals surface area contributed by atoms with Gasteiger partial charge in [0.25, 0.3) is 11.4 Å². The standard InChI is InChI=1S/C11H12N6O/c12-6-10-14-8-17(15-10)5-1-4-16-7-9(13)2-3-11(16)18/h2-3,7-8H,1,4-5,13H2. The highest BCUT2D eigenvalue weighted by atomic mass is 16.1. The first-order chi connectivity index (χ1) is 8.69. The number of rotatable bonds is 4. The van der Waals surface area contributed by atoms with Gasteiger partial charge >= 0.3 is 0 Å². The number of pyridine rings is 1. The Morgan fingerprint density at radius 3 is 2.94 bits per heavy atom. The first-order valence-electron chi connectivity index (χ1n) is 5.44. The molecule has 0 aliphatic rings. The molecule has 2 heterocycles. The Labute approximate surface area is 103 Å². The van der Waals surface area contributed by atoms with Crippen LogP contribution in [0.1, 0.15) is 12.2 Å². The van der Waals surface area contributed by atoms with E-state index in [-0.39, 0.29) is 11.4 Å². The summed E-state index contributed by atoms with van der Waals surface area (Å²) in [5.74, 6) is 0.149. The van der Waals surface area contributed by atoms with Crippen LogP contribution in [0.15, 0.2) is 29.5 Å². The molecule has 0 aliphatic heterocycles. The van der Waals surface area contributed by atoms with Crippen molar-refractivity contribution in [3.63, 3.8) is 0 Å². The first kappa shape index (κ1) is 11.9. The number of nitriles is 1. The van der Waals surface area contributed by atoms with Crippen LogP contribution in [-0.2, 0) is 13.1 Å². The van der Waals surface area contributed by atoms with Gasteiger partial charge in [-0.05, 0) is 12.5 Å². The molecule has 2 aromatic rings. The normalized spacial score (nSPS) is 10.2. The molecule has 0 aromatic carbocycles. The van der Waals surface area contributed by atoms with Gasteiger partial charge in [0.05, 0.1) is 0 Å². The van der Waals surface area contributed by atoms with E-state index in [1.165, 1.54) is 12.4 Å². The van der Waals surface area contributed by atoms with E-state index in [0.29, 0.717) is 25.2 Å². The smallest absolute Gasteiger partial charge is 0.252 e. The number of nitrogens with two attached hydrogens (primary N) is 1. The van der Waals surface area contributed by atoms with Crippen molar-refractivity contribution in [1.82, 2.24) is 19.3 Å². The van der Waals surface area contributed by atoms with Crippen molar-refractivity contribution < 1.29 is 0 Å². The van der Waals surface area contributed by atoms with Gasteiger partial charge in [0.1, 0.15) is 12.4 Å². The van der Waals surface area contributed by atoms with Gasteiger partial charge in [-0.1, -0.05) is 0 Å². The molecular weight excluding hydrogens is 232 g/mol. The van der Waals surface area contributed by atoms with Gasteiger partial charge in [0, 0.05) is 31.0 Å². The van der Waals surface area contributed by atoms with Crippen LogP contribution < -0.4 is 11.3 Å². The van der Waals surface area contributed by atoms with E-state index in [4.69, 9.17) is 11.0 Å². The molecule has 92 valence electrons. The molecule has 0 bridgehead atoms. The molecule has 0 saturated carbocycles. The maximum Gasteiger partial charge on any atom is 0.252 e. The third-order valence-electron chi connectivity index (χ3n) is 2.43. The molecule has 0 aliphatic carbocycles. The minimum Gasteiger partial charge on any atom is -0.398 e. The third kappa shape index (κ3) is 2.74.